The zero-order chi connectivity index (χ0) is 15.4. The minimum absolute atomic E-state index is 0.0157. The molecule has 1 heterocycles. The normalized spacial score (nSPS) is 19.1. The number of carbonyl (C=O) groups is 1. The van der Waals surface area contributed by atoms with Crippen LogP contribution in [0.1, 0.15) is 41.6 Å². The molecule has 0 spiro atoms. The van der Waals surface area contributed by atoms with Gasteiger partial charge in [0.2, 0.25) is 0 Å². The minimum Gasteiger partial charge on any atom is -0.334 e. The van der Waals surface area contributed by atoms with Gasteiger partial charge in [-0.15, -0.1) is 11.6 Å². The van der Waals surface area contributed by atoms with Crippen molar-refractivity contribution in [1.29, 1.82) is 0 Å². The topological polar surface area (TPSA) is 63.5 Å². The van der Waals surface area contributed by atoms with E-state index in [1.807, 2.05) is 0 Å². The first-order valence-corrected chi connectivity index (χ1v) is 7.70. The molecule has 114 valence electrons. The molecule has 1 unspecified atom stereocenters. The molecule has 0 aromatic heterocycles. The van der Waals surface area contributed by atoms with E-state index in [1.54, 1.807) is 24.0 Å². The molecule has 1 saturated heterocycles. The Hall–Kier alpha value is -1.62. The summed E-state index contributed by atoms with van der Waals surface area (Å²) in [5.74, 6) is 0.241. The van der Waals surface area contributed by atoms with Crippen LogP contribution in [0.25, 0.3) is 0 Å². The molecular formula is C15H19ClN2O3. The highest BCUT2D eigenvalue weighted by molar-refractivity contribution is 6.18. The first kappa shape index (κ1) is 15.8. The Bertz CT molecular complexity index is 548. The van der Waals surface area contributed by atoms with Crippen LogP contribution >= 0.6 is 11.6 Å². The number of nitrogens with zero attached hydrogens (tertiary/aromatic N) is 2. The molecule has 1 atom stereocenters. The maximum absolute atomic E-state index is 12.7. The third-order valence-electron chi connectivity index (χ3n) is 3.97. The molecule has 5 nitrogen and oxygen atoms in total. The number of likely N-dealkylation sites (tertiary alicyclic amines) is 1. The monoisotopic (exact) mass is 310 g/mol. The average molecular weight is 311 g/mol. The van der Waals surface area contributed by atoms with Gasteiger partial charge in [-0.2, -0.15) is 0 Å². The van der Waals surface area contributed by atoms with E-state index >= 15 is 0 Å². The Labute approximate surface area is 129 Å². The molecule has 2 rings (SSSR count). The third-order valence-corrected chi connectivity index (χ3v) is 4.33. The highest BCUT2D eigenvalue weighted by Gasteiger charge is 2.26. The lowest BCUT2D eigenvalue weighted by Crippen LogP contribution is -2.41. The smallest absolute Gasteiger partial charge is 0.273 e. The lowest BCUT2D eigenvalue weighted by atomic mass is 10.1. The summed E-state index contributed by atoms with van der Waals surface area (Å²) in [6.07, 6.45) is 4.00. The van der Waals surface area contributed by atoms with Gasteiger partial charge in [-0.3, -0.25) is 14.9 Å². The minimum atomic E-state index is -0.451. The SMILES string of the molecule is Cc1ccc(C(=O)N2CCCCCC2CCl)cc1[N+](=O)[O-]. The van der Waals surface area contributed by atoms with Crippen LogP contribution in [0.5, 0.6) is 0 Å². The van der Waals surface area contributed by atoms with Crippen molar-refractivity contribution in [2.24, 2.45) is 0 Å². The van der Waals surface area contributed by atoms with Crippen molar-refractivity contribution >= 4 is 23.2 Å². The fourth-order valence-electron chi connectivity index (χ4n) is 2.71. The molecule has 1 aliphatic heterocycles. The Kier molecular flexibility index (Phi) is 5.17. The van der Waals surface area contributed by atoms with E-state index in [-0.39, 0.29) is 17.6 Å². The fraction of sp³-hybridized carbons (Fsp3) is 0.533. The summed E-state index contributed by atoms with van der Waals surface area (Å²) in [4.78, 5) is 25.0. The number of nitro groups is 1. The van der Waals surface area contributed by atoms with Crippen LogP contribution in [0.4, 0.5) is 5.69 Å². The van der Waals surface area contributed by atoms with Crippen molar-refractivity contribution < 1.29 is 9.72 Å². The van der Waals surface area contributed by atoms with E-state index in [0.717, 1.165) is 25.7 Å². The van der Waals surface area contributed by atoms with Crippen molar-refractivity contribution in [3.05, 3.63) is 39.4 Å². The molecule has 1 aromatic carbocycles. The molecule has 0 N–H and O–H groups in total. The molecular weight excluding hydrogens is 292 g/mol. The summed E-state index contributed by atoms with van der Waals surface area (Å²) in [7, 11) is 0. The zero-order valence-corrected chi connectivity index (χ0v) is 12.8. The second-order valence-electron chi connectivity index (χ2n) is 5.41. The molecule has 21 heavy (non-hydrogen) atoms. The Morgan fingerprint density at radius 2 is 2.19 bits per heavy atom. The Morgan fingerprint density at radius 3 is 2.86 bits per heavy atom. The Morgan fingerprint density at radius 1 is 1.43 bits per heavy atom. The molecule has 1 aromatic rings. The van der Waals surface area contributed by atoms with Crippen molar-refractivity contribution in [2.75, 3.05) is 12.4 Å². The zero-order valence-electron chi connectivity index (χ0n) is 12.0. The third kappa shape index (κ3) is 3.53. The van der Waals surface area contributed by atoms with Gasteiger partial charge in [0.05, 0.1) is 4.92 Å². The summed E-state index contributed by atoms with van der Waals surface area (Å²) in [5, 5.41) is 11.0. The van der Waals surface area contributed by atoms with Gasteiger partial charge in [0.15, 0.2) is 0 Å². The van der Waals surface area contributed by atoms with Crippen molar-refractivity contribution in [3.8, 4) is 0 Å². The quantitative estimate of drug-likeness (QED) is 0.487. The molecule has 0 aliphatic carbocycles. The number of nitro benzene ring substituents is 1. The van der Waals surface area contributed by atoms with Crippen molar-refractivity contribution in [1.82, 2.24) is 4.90 Å². The van der Waals surface area contributed by atoms with Crippen molar-refractivity contribution in [3.63, 3.8) is 0 Å². The summed E-state index contributed by atoms with van der Waals surface area (Å²) in [6, 6.07) is 4.66. The highest BCUT2D eigenvalue weighted by atomic mass is 35.5. The first-order valence-electron chi connectivity index (χ1n) is 7.16. The van der Waals surface area contributed by atoms with Crippen LogP contribution < -0.4 is 0 Å². The summed E-state index contributed by atoms with van der Waals surface area (Å²) in [5.41, 5.74) is 0.906. The number of rotatable bonds is 3. The van der Waals surface area contributed by atoms with Crippen LogP contribution in [-0.4, -0.2) is 34.2 Å². The molecule has 0 bridgehead atoms. The second kappa shape index (κ2) is 6.89. The van der Waals surface area contributed by atoms with Gasteiger partial charge in [-0.25, -0.2) is 0 Å². The van der Waals surface area contributed by atoms with Gasteiger partial charge in [0, 0.05) is 35.7 Å². The highest BCUT2D eigenvalue weighted by Crippen LogP contribution is 2.24. The number of amides is 1. The van der Waals surface area contributed by atoms with E-state index in [1.165, 1.54) is 6.07 Å². The number of benzene rings is 1. The standard InChI is InChI=1S/C15H19ClN2O3/c1-11-6-7-12(9-14(11)18(20)21)15(19)17-8-4-2-3-5-13(17)10-16/h6-7,9,13H,2-5,8,10H2,1H3. The Balaban J connectivity index is 2.29. The number of alkyl halides is 1. The molecule has 1 aliphatic rings. The van der Waals surface area contributed by atoms with Crippen LogP contribution in [0.15, 0.2) is 18.2 Å². The van der Waals surface area contributed by atoms with E-state index in [9.17, 15) is 14.9 Å². The lowest BCUT2D eigenvalue weighted by Gasteiger charge is -2.28. The number of hydrogen-bond acceptors (Lipinski definition) is 3. The van der Waals surface area contributed by atoms with Crippen LogP contribution in [0.2, 0.25) is 0 Å². The predicted molar refractivity (Wildman–Crippen MR) is 81.8 cm³/mol. The van der Waals surface area contributed by atoms with Crippen LogP contribution in [0, 0.1) is 17.0 Å². The van der Waals surface area contributed by atoms with Gasteiger partial charge < -0.3 is 4.90 Å². The molecule has 1 fully saturated rings. The average Bonchev–Trinajstić information content (AvgIpc) is 2.71. The van der Waals surface area contributed by atoms with Gasteiger partial charge in [-0.05, 0) is 25.8 Å². The molecule has 1 amide bonds. The van der Waals surface area contributed by atoms with Crippen LogP contribution in [0.3, 0.4) is 0 Å². The maximum atomic E-state index is 12.7. The van der Waals surface area contributed by atoms with E-state index < -0.39 is 4.92 Å². The molecule has 0 saturated carbocycles. The number of aryl methyl sites for hydroxylation is 1. The largest absolute Gasteiger partial charge is 0.334 e. The second-order valence-corrected chi connectivity index (χ2v) is 5.72. The fourth-order valence-corrected chi connectivity index (χ4v) is 3.03. The number of carbonyl (C=O) groups excluding carboxylic acids is 1. The van der Waals surface area contributed by atoms with Crippen molar-refractivity contribution in [2.45, 2.75) is 38.6 Å². The van der Waals surface area contributed by atoms with E-state index in [0.29, 0.717) is 23.6 Å². The van der Waals surface area contributed by atoms with E-state index in [4.69, 9.17) is 11.6 Å². The maximum Gasteiger partial charge on any atom is 0.273 e. The molecule has 0 radical (unpaired) electrons. The number of halogens is 1. The summed E-state index contributed by atoms with van der Waals surface area (Å²) < 4.78 is 0. The van der Waals surface area contributed by atoms with Gasteiger partial charge >= 0.3 is 0 Å². The van der Waals surface area contributed by atoms with Gasteiger partial charge in [0.1, 0.15) is 0 Å². The number of hydrogen-bond donors (Lipinski definition) is 0. The van der Waals surface area contributed by atoms with Crippen LogP contribution in [-0.2, 0) is 0 Å². The summed E-state index contributed by atoms with van der Waals surface area (Å²) in [6.45, 7) is 2.33. The summed E-state index contributed by atoms with van der Waals surface area (Å²) >= 11 is 5.98. The predicted octanol–water partition coefficient (Wildman–Crippen LogP) is 3.53. The first-order chi connectivity index (χ1) is 10.0. The molecule has 6 heteroatoms. The van der Waals surface area contributed by atoms with Gasteiger partial charge in [-0.1, -0.05) is 18.9 Å². The lowest BCUT2D eigenvalue weighted by molar-refractivity contribution is -0.385. The van der Waals surface area contributed by atoms with Gasteiger partial charge in [0.25, 0.3) is 11.6 Å². The van der Waals surface area contributed by atoms with E-state index in [2.05, 4.69) is 0 Å².